The topological polar surface area (TPSA) is 169 Å². The van der Waals surface area contributed by atoms with Crippen molar-refractivity contribution in [2.75, 3.05) is 20.2 Å². The van der Waals surface area contributed by atoms with E-state index < -0.39 is 47.4 Å². The fourth-order valence-electron chi connectivity index (χ4n) is 4.41. The summed E-state index contributed by atoms with van der Waals surface area (Å²) in [6.45, 7) is -0.0850. The van der Waals surface area contributed by atoms with Crippen molar-refractivity contribution in [3.8, 4) is 11.5 Å². The van der Waals surface area contributed by atoms with Crippen molar-refractivity contribution in [2.45, 2.75) is 18.6 Å². The van der Waals surface area contributed by atoms with Crippen LogP contribution in [0.1, 0.15) is 28.4 Å². The molecule has 0 aromatic heterocycles. The summed E-state index contributed by atoms with van der Waals surface area (Å²) in [5.74, 6) is -2.11. The van der Waals surface area contributed by atoms with Gasteiger partial charge in [-0.05, 0) is 35.9 Å². The van der Waals surface area contributed by atoms with Crippen LogP contribution in [0.4, 0.5) is 10.5 Å². The Morgan fingerprint density at radius 1 is 0.976 bits per heavy atom. The third kappa shape index (κ3) is 6.76. The van der Waals surface area contributed by atoms with Crippen LogP contribution in [-0.2, 0) is 9.59 Å². The number of nitro groups is 1. The molecular weight excluding hydrogens is 536 g/mol. The van der Waals surface area contributed by atoms with E-state index in [1.54, 1.807) is 42.5 Å². The van der Waals surface area contributed by atoms with Crippen LogP contribution in [0.5, 0.6) is 11.5 Å². The van der Waals surface area contributed by atoms with E-state index in [4.69, 9.17) is 9.47 Å². The number of hydrogen-bond donors (Lipinski definition) is 2. The van der Waals surface area contributed by atoms with Gasteiger partial charge in [0.1, 0.15) is 11.5 Å². The van der Waals surface area contributed by atoms with Crippen LogP contribution < -0.4 is 14.8 Å². The first-order chi connectivity index (χ1) is 19.7. The van der Waals surface area contributed by atoms with Gasteiger partial charge in [-0.1, -0.05) is 36.4 Å². The van der Waals surface area contributed by atoms with Gasteiger partial charge in [-0.3, -0.25) is 29.4 Å². The second-order valence-corrected chi connectivity index (χ2v) is 8.99. The van der Waals surface area contributed by atoms with Crippen molar-refractivity contribution in [3.63, 3.8) is 0 Å². The Balaban J connectivity index is 1.67. The predicted molar refractivity (Wildman–Crippen MR) is 143 cm³/mol. The number of amides is 3. The molecule has 1 aliphatic rings. The van der Waals surface area contributed by atoms with Gasteiger partial charge in [-0.15, -0.1) is 0 Å². The fraction of sp³-hybridized carbons (Fsp3) is 0.214. The summed E-state index contributed by atoms with van der Waals surface area (Å²) in [5, 5.41) is 23.4. The Bertz CT molecular complexity index is 1460. The summed E-state index contributed by atoms with van der Waals surface area (Å²) in [6.07, 6.45) is -3.03. The summed E-state index contributed by atoms with van der Waals surface area (Å²) < 4.78 is 10.6. The zero-order valence-electron chi connectivity index (χ0n) is 21.8. The molecule has 1 fully saturated rings. The molecule has 0 radical (unpaired) electrons. The first kappa shape index (κ1) is 28.5. The Morgan fingerprint density at radius 2 is 1.66 bits per heavy atom. The highest BCUT2D eigenvalue weighted by Gasteiger charge is 2.44. The normalized spacial score (nSPS) is 15.1. The standard InChI is InChI=1S/C28H26N4O9/c1-40-22-12-6-8-19(16-22)27(36)30-13-14-31(28(37)41-21-10-3-2-4-11-21)26(30)25(35)29-23(17-24(33)34)18-7-5-9-20(15-18)32(38)39/h2-12,15-16,23,26H,13-14,17H2,1H3,(H,29,35)(H,33,34). The van der Waals surface area contributed by atoms with Crippen LogP contribution in [0.3, 0.4) is 0 Å². The van der Waals surface area contributed by atoms with Crippen molar-refractivity contribution in [1.82, 2.24) is 15.1 Å². The van der Waals surface area contributed by atoms with Gasteiger partial charge in [0.15, 0.2) is 6.17 Å². The monoisotopic (exact) mass is 562 g/mol. The summed E-state index contributed by atoms with van der Waals surface area (Å²) in [4.78, 5) is 65.0. The number of carbonyl (C=O) groups excluding carboxylic acids is 3. The lowest BCUT2D eigenvalue weighted by Crippen LogP contribution is -2.55. The van der Waals surface area contributed by atoms with Crippen molar-refractivity contribution in [3.05, 3.63) is 100 Å². The summed E-state index contributed by atoms with van der Waals surface area (Å²) >= 11 is 0. The highest BCUT2D eigenvalue weighted by Crippen LogP contribution is 2.26. The molecule has 2 N–H and O–H groups in total. The van der Waals surface area contributed by atoms with Gasteiger partial charge in [0.05, 0.1) is 24.5 Å². The molecule has 2 atom stereocenters. The van der Waals surface area contributed by atoms with Crippen LogP contribution in [-0.4, -0.2) is 70.1 Å². The zero-order valence-corrected chi connectivity index (χ0v) is 21.8. The molecule has 3 amide bonds. The molecular formula is C28H26N4O9. The van der Waals surface area contributed by atoms with Crippen LogP contribution in [0, 0.1) is 10.1 Å². The maximum Gasteiger partial charge on any atom is 0.417 e. The van der Waals surface area contributed by atoms with Gasteiger partial charge in [-0.2, -0.15) is 0 Å². The molecule has 0 aliphatic carbocycles. The van der Waals surface area contributed by atoms with E-state index in [-0.39, 0.29) is 35.7 Å². The number of carbonyl (C=O) groups is 4. The number of non-ortho nitro benzene ring substituents is 1. The summed E-state index contributed by atoms with van der Waals surface area (Å²) in [6, 6.07) is 18.4. The van der Waals surface area contributed by atoms with Gasteiger partial charge in [0.2, 0.25) is 0 Å². The summed E-state index contributed by atoms with van der Waals surface area (Å²) in [5.41, 5.74) is 0.0640. The minimum Gasteiger partial charge on any atom is -0.497 e. The number of nitrogens with one attached hydrogen (secondary N) is 1. The first-order valence-electron chi connectivity index (χ1n) is 12.4. The summed E-state index contributed by atoms with van der Waals surface area (Å²) in [7, 11) is 1.44. The van der Waals surface area contributed by atoms with Crippen LogP contribution in [0.2, 0.25) is 0 Å². The van der Waals surface area contributed by atoms with Crippen LogP contribution in [0.15, 0.2) is 78.9 Å². The average molecular weight is 563 g/mol. The van der Waals surface area contributed by atoms with Gasteiger partial charge < -0.3 is 24.8 Å². The number of carboxylic acids is 1. The number of nitrogens with zero attached hydrogens (tertiary/aromatic N) is 3. The number of ether oxygens (including phenoxy) is 2. The predicted octanol–water partition coefficient (Wildman–Crippen LogP) is 3.22. The van der Waals surface area contributed by atoms with E-state index in [2.05, 4.69) is 5.32 Å². The number of rotatable bonds is 9. The number of carboxylic acid groups (broad SMARTS) is 1. The number of aliphatic carboxylic acids is 1. The Kier molecular flexibility index (Phi) is 8.77. The van der Waals surface area contributed by atoms with Gasteiger partial charge in [0.25, 0.3) is 17.5 Å². The van der Waals surface area contributed by atoms with Gasteiger partial charge in [-0.25, -0.2) is 4.79 Å². The van der Waals surface area contributed by atoms with Crippen molar-refractivity contribution >= 4 is 29.6 Å². The SMILES string of the molecule is COc1cccc(C(=O)N2CCN(C(=O)Oc3ccccc3)C2C(=O)NC(CC(=O)O)c2cccc([N+](=O)[O-])c2)c1. The molecule has 0 spiro atoms. The van der Waals surface area contributed by atoms with Gasteiger partial charge >= 0.3 is 12.1 Å². The number of nitro benzene ring substituents is 1. The molecule has 212 valence electrons. The lowest BCUT2D eigenvalue weighted by Gasteiger charge is -2.30. The van der Waals surface area contributed by atoms with E-state index in [0.717, 1.165) is 11.0 Å². The molecule has 0 bridgehead atoms. The number of benzene rings is 3. The highest BCUT2D eigenvalue weighted by atomic mass is 16.6. The highest BCUT2D eigenvalue weighted by molar-refractivity contribution is 5.99. The number of methoxy groups -OCH3 is 1. The maximum absolute atomic E-state index is 13.8. The molecule has 1 aliphatic heterocycles. The maximum atomic E-state index is 13.8. The Morgan fingerprint density at radius 3 is 2.34 bits per heavy atom. The van der Waals surface area contributed by atoms with E-state index in [1.165, 1.54) is 42.3 Å². The lowest BCUT2D eigenvalue weighted by atomic mass is 10.0. The largest absolute Gasteiger partial charge is 0.497 e. The molecule has 3 aromatic carbocycles. The van der Waals surface area contributed by atoms with E-state index in [9.17, 15) is 34.4 Å². The van der Waals surface area contributed by atoms with E-state index >= 15 is 0 Å². The number of para-hydroxylation sites is 1. The molecule has 1 heterocycles. The second kappa shape index (κ2) is 12.6. The van der Waals surface area contributed by atoms with E-state index in [1.807, 2.05) is 0 Å². The number of hydrogen-bond acceptors (Lipinski definition) is 8. The minimum absolute atomic E-state index is 0.0293. The van der Waals surface area contributed by atoms with Crippen LogP contribution in [0.25, 0.3) is 0 Å². The van der Waals surface area contributed by atoms with E-state index in [0.29, 0.717) is 5.75 Å². The third-order valence-electron chi connectivity index (χ3n) is 6.35. The Labute approximate surface area is 234 Å². The lowest BCUT2D eigenvalue weighted by molar-refractivity contribution is -0.384. The minimum atomic E-state index is -1.51. The Hall–Kier alpha value is -5.46. The third-order valence-corrected chi connectivity index (χ3v) is 6.35. The molecule has 13 nitrogen and oxygen atoms in total. The molecule has 0 saturated carbocycles. The second-order valence-electron chi connectivity index (χ2n) is 8.99. The van der Waals surface area contributed by atoms with Crippen molar-refractivity contribution in [2.24, 2.45) is 0 Å². The van der Waals surface area contributed by atoms with Crippen LogP contribution >= 0.6 is 0 Å². The molecule has 1 saturated heterocycles. The molecule has 3 aromatic rings. The smallest absolute Gasteiger partial charge is 0.417 e. The zero-order chi connectivity index (χ0) is 29.5. The quantitative estimate of drug-likeness (QED) is 0.294. The molecule has 4 rings (SSSR count). The van der Waals surface area contributed by atoms with Gasteiger partial charge in [0, 0.05) is 30.8 Å². The van der Waals surface area contributed by atoms with Crippen molar-refractivity contribution in [1.29, 1.82) is 0 Å². The molecule has 2 unspecified atom stereocenters. The molecule has 41 heavy (non-hydrogen) atoms. The fourth-order valence-corrected chi connectivity index (χ4v) is 4.41. The first-order valence-corrected chi connectivity index (χ1v) is 12.4. The average Bonchev–Trinajstić information content (AvgIpc) is 3.42. The van der Waals surface area contributed by atoms with Crippen molar-refractivity contribution < 1.29 is 38.7 Å². The molecule has 13 heteroatoms.